The molecule has 1 rings (SSSR count). The van der Waals surface area contributed by atoms with Crippen molar-refractivity contribution in [1.29, 1.82) is 0 Å². The zero-order chi connectivity index (χ0) is 12.8. The number of benzene rings is 1. The van der Waals surface area contributed by atoms with Crippen LogP contribution < -0.4 is 5.32 Å². The summed E-state index contributed by atoms with van der Waals surface area (Å²) in [4.78, 5) is 24.7. The Bertz CT molecular complexity index is 398. The van der Waals surface area contributed by atoms with Gasteiger partial charge >= 0.3 is 0 Å². The number of rotatable bonds is 5. The zero-order valence-electron chi connectivity index (χ0n) is 10.5. The Balaban J connectivity index is 2.54. The first-order chi connectivity index (χ1) is 8.02. The van der Waals surface area contributed by atoms with Crippen molar-refractivity contribution in [2.24, 2.45) is 0 Å². The maximum atomic E-state index is 11.9. The van der Waals surface area contributed by atoms with Crippen LogP contribution in [0.2, 0.25) is 0 Å². The highest BCUT2D eigenvalue weighted by atomic mass is 16.2. The fourth-order valence-corrected chi connectivity index (χ4v) is 1.46. The van der Waals surface area contributed by atoms with Crippen LogP contribution in [0.3, 0.4) is 0 Å². The van der Waals surface area contributed by atoms with Crippen LogP contribution >= 0.6 is 0 Å². The number of aryl methyl sites for hydroxylation is 1. The summed E-state index contributed by atoms with van der Waals surface area (Å²) in [5, 5.41) is 2.52. The first-order valence-corrected chi connectivity index (χ1v) is 5.52. The van der Waals surface area contributed by atoms with Gasteiger partial charge in [0, 0.05) is 12.6 Å². The SMILES string of the molecule is CNC(=O)CN(C)CC(=O)c1ccc(C)cc1. The molecule has 1 N–H and O–H groups in total. The number of ketones is 1. The van der Waals surface area contributed by atoms with Crippen LogP contribution in [0.1, 0.15) is 15.9 Å². The number of carbonyl (C=O) groups excluding carboxylic acids is 2. The Morgan fingerprint density at radius 1 is 1.18 bits per heavy atom. The summed E-state index contributed by atoms with van der Waals surface area (Å²) < 4.78 is 0. The lowest BCUT2D eigenvalue weighted by molar-refractivity contribution is -0.121. The van der Waals surface area contributed by atoms with E-state index in [4.69, 9.17) is 0 Å². The zero-order valence-corrected chi connectivity index (χ0v) is 10.5. The molecule has 92 valence electrons. The molecule has 0 aliphatic carbocycles. The van der Waals surface area contributed by atoms with Crippen LogP contribution in [0.15, 0.2) is 24.3 Å². The topological polar surface area (TPSA) is 49.4 Å². The summed E-state index contributed by atoms with van der Waals surface area (Å²) in [5.41, 5.74) is 1.81. The molecule has 0 atom stereocenters. The van der Waals surface area contributed by atoms with Gasteiger partial charge in [0.2, 0.25) is 5.91 Å². The van der Waals surface area contributed by atoms with Crippen LogP contribution in [0, 0.1) is 6.92 Å². The Kier molecular flexibility index (Phi) is 4.84. The molecule has 0 aromatic heterocycles. The predicted molar refractivity (Wildman–Crippen MR) is 67.1 cm³/mol. The molecular formula is C13H18N2O2. The molecule has 0 saturated heterocycles. The third kappa shape index (κ3) is 4.36. The van der Waals surface area contributed by atoms with Crippen molar-refractivity contribution in [2.45, 2.75) is 6.92 Å². The lowest BCUT2D eigenvalue weighted by Crippen LogP contribution is -2.36. The van der Waals surface area contributed by atoms with Crippen LogP contribution in [0.4, 0.5) is 0 Å². The fraction of sp³-hybridized carbons (Fsp3) is 0.385. The first-order valence-electron chi connectivity index (χ1n) is 5.52. The van der Waals surface area contributed by atoms with Gasteiger partial charge in [-0.3, -0.25) is 14.5 Å². The van der Waals surface area contributed by atoms with E-state index in [1.165, 1.54) is 0 Å². The Hall–Kier alpha value is -1.68. The minimum absolute atomic E-state index is 0.0244. The number of nitrogens with one attached hydrogen (secondary N) is 1. The number of hydrogen-bond donors (Lipinski definition) is 1. The molecule has 0 unspecified atom stereocenters. The van der Waals surface area contributed by atoms with E-state index in [2.05, 4.69) is 5.32 Å². The van der Waals surface area contributed by atoms with Crippen molar-refractivity contribution in [3.05, 3.63) is 35.4 Å². The van der Waals surface area contributed by atoms with Gasteiger partial charge in [-0.15, -0.1) is 0 Å². The van der Waals surface area contributed by atoms with Crippen molar-refractivity contribution < 1.29 is 9.59 Å². The molecule has 1 amide bonds. The number of hydrogen-bond acceptors (Lipinski definition) is 3. The molecule has 0 fully saturated rings. The number of amides is 1. The van der Waals surface area contributed by atoms with Gasteiger partial charge < -0.3 is 5.32 Å². The molecule has 0 spiro atoms. The van der Waals surface area contributed by atoms with Crippen molar-refractivity contribution in [2.75, 3.05) is 27.2 Å². The molecular weight excluding hydrogens is 216 g/mol. The minimum Gasteiger partial charge on any atom is -0.358 e. The molecule has 1 aromatic carbocycles. The first kappa shape index (κ1) is 13.4. The van der Waals surface area contributed by atoms with Gasteiger partial charge in [-0.2, -0.15) is 0 Å². The molecule has 4 nitrogen and oxygen atoms in total. The van der Waals surface area contributed by atoms with E-state index < -0.39 is 0 Å². The largest absolute Gasteiger partial charge is 0.358 e. The van der Waals surface area contributed by atoms with Crippen molar-refractivity contribution in [3.8, 4) is 0 Å². The second-order valence-corrected chi connectivity index (χ2v) is 4.13. The third-order valence-electron chi connectivity index (χ3n) is 2.48. The van der Waals surface area contributed by atoms with Crippen molar-refractivity contribution >= 4 is 11.7 Å². The van der Waals surface area contributed by atoms with Gasteiger partial charge in [0.25, 0.3) is 0 Å². The smallest absolute Gasteiger partial charge is 0.233 e. The van der Waals surface area contributed by atoms with Gasteiger partial charge in [0.1, 0.15) is 0 Å². The summed E-state index contributed by atoms with van der Waals surface area (Å²) in [5.74, 6) is -0.0689. The van der Waals surface area contributed by atoms with Crippen molar-refractivity contribution in [1.82, 2.24) is 10.2 Å². The van der Waals surface area contributed by atoms with E-state index in [9.17, 15) is 9.59 Å². The van der Waals surface area contributed by atoms with Crippen LogP contribution in [0.25, 0.3) is 0 Å². The third-order valence-corrected chi connectivity index (χ3v) is 2.48. The highest BCUT2D eigenvalue weighted by Crippen LogP contribution is 2.04. The van der Waals surface area contributed by atoms with E-state index in [0.29, 0.717) is 5.56 Å². The van der Waals surface area contributed by atoms with Crippen LogP contribution in [-0.4, -0.2) is 43.8 Å². The summed E-state index contributed by atoms with van der Waals surface area (Å²) in [7, 11) is 3.33. The van der Waals surface area contributed by atoms with E-state index >= 15 is 0 Å². The van der Waals surface area contributed by atoms with E-state index in [-0.39, 0.29) is 24.8 Å². The lowest BCUT2D eigenvalue weighted by Gasteiger charge is -2.14. The standard InChI is InChI=1S/C13H18N2O2/c1-10-4-6-11(7-5-10)12(16)8-15(3)9-13(17)14-2/h4-7H,8-9H2,1-3H3,(H,14,17). The van der Waals surface area contributed by atoms with Gasteiger partial charge in [-0.1, -0.05) is 29.8 Å². The van der Waals surface area contributed by atoms with Crippen LogP contribution in [-0.2, 0) is 4.79 Å². The number of likely N-dealkylation sites (N-methyl/N-ethyl adjacent to an activating group) is 2. The molecule has 4 heteroatoms. The highest BCUT2D eigenvalue weighted by Gasteiger charge is 2.11. The monoisotopic (exact) mass is 234 g/mol. The summed E-state index contributed by atoms with van der Waals surface area (Å²) in [6.07, 6.45) is 0. The van der Waals surface area contributed by atoms with E-state index in [0.717, 1.165) is 5.56 Å². The molecule has 1 aromatic rings. The quantitative estimate of drug-likeness (QED) is 0.769. The van der Waals surface area contributed by atoms with E-state index in [1.807, 2.05) is 31.2 Å². The lowest BCUT2D eigenvalue weighted by atomic mass is 10.1. The fourth-order valence-electron chi connectivity index (χ4n) is 1.46. The number of nitrogens with zero attached hydrogens (tertiary/aromatic N) is 1. The normalized spacial score (nSPS) is 10.4. The molecule has 0 saturated carbocycles. The second kappa shape index (κ2) is 6.15. The van der Waals surface area contributed by atoms with Gasteiger partial charge in [0.05, 0.1) is 13.1 Å². The molecule has 17 heavy (non-hydrogen) atoms. The molecule has 0 radical (unpaired) electrons. The van der Waals surface area contributed by atoms with Crippen LogP contribution in [0.5, 0.6) is 0 Å². The highest BCUT2D eigenvalue weighted by molar-refractivity contribution is 5.97. The van der Waals surface area contributed by atoms with Gasteiger partial charge in [0.15, 0.2) is 5.78 Å². The maximum absolute atomic E-state index is 11.9. The second-order valence-electron chi connectivity index (χ2n) is 4.13. The minimum atomic E-state index is -0.0933. The predicted octanol–water partition coefficient (Wildman–Crippen LogP) is 0.856. The average molecular weight is 234 g/mol. The summed E-state index contributed by atoms with van der Waals surface area (Å²) in [6, 6.07) is 7.44. The Morgan fingerprint density at radius 3 is 2.29 bits per heavy atom. The Morgan fingerprint density at radius 2 is 1.76 bits per heavy atom. The molecule has 0 aliphatic rings. The molecule has 0 heterocycles. The maximum Gasteiger partial charge on any atom is 0.233 e. The van der Waals surface area contributed by atoms with Gasteiger partial charge in [-0.05, 0) is 14.0 Å². The molecule has 0 aliphatic heterocycles. The molecule has 0 bridgehead atoms. The summed E-state index contributed by atoms with van der Waals surface area (Å²) >= 11 is 0. The van der Waals surface area contributed by atoms with Crippen molar-refractivity contribution in [3.63, 3.8) is 0 Å². The van der Waals surface area contributed by atoms with E-state index in [1.54, 1.807) is 19.0 Å². The Labute approximate surface area is 102 Å². The summed E-state index contributed by atoms with van der Waals surface area (Å²) in [6.45, 7) is 2.45. The average Bonchev–Trinajstić information content (AvgIpc) is 2.29. The number of carbonyl (C=O) groups is 2. The van der Waals surface area contributed by atoms with Gasteiger partial charge in [-0.25, -0.2) is 0 Å². The number of Topliss-reactive ketones (excluding diaryl/α,β-unsaturated/α-hetero) is 1.